The van der Waals surface area contributed by atoms with E-state index >= 15 is 0 Å². The Labute approximate surface area is 178 Å². The Kier molecular flexibility index (Phi) is 6.98. The second-order valence-electron chi connectivity index (χ2n) is 8.56. The lowest BCUT2D eigenvalue weighted by atomic mass is 9.93. The van der Waals surface area contributed by atoms with E-state index < -0.39 is 17.8 Å². The van der Waals surface area contributed by atoms with E-state index in [0.717, 1.165) is 24.0 Å². The predicted octanol–water partition coefficient (Wildman–Crippen LogP) is 5.74. The Balaban J connectivity index is 1.49. The molecule has 0 unspecified atom stereocenters. The standard InChI is InChI=1S/C24H30N2O4/c1-24(2,3)30-23(28)25-18-13-15-19(16-14-18)29-22(27)26-21-12-8-7-11-20(21)17-9-5-4-6-10-17/h4-12,18-19H,13-16H2,1-3H3,(H,25,28)(H,26,27). The van der Waals surface area contributed by atoms with Crippen molar-refractivity contribution < 1.29 is 19.1 Å². The minimum absolute atomic E-state index is 0.0431. The number of rotatable bonds is 4. The molecule has 2 N–H and O–H groups in total. The van der Waals surface area contributed by atoms with Gasteiger partial charge >= 0.3 is 12.2 Å². The van der Waals surface area contributed by atoms with E-state index in [1.165, 1.54) is 0 Å². The van der Waals surface area contributed by atoms with Crippen LogP contribution in [0.1, 0.15) is 46.5 Å². The van der Waals surface area contributed by atoms with E-state index in [4.69, 9.17) is 9.47 Å². The molecular formula is C24H30N2O4. The van der Waals surface area contributed by atoms with Gasteiger partial charge in [-0.05, 0) is 58.1 Å². The summed E-state index contributed by atoms with van der Waals surface area (Å²) in [4.78, 5) is 24.4. The number of amides is 2. The second-order valence-corrected chi connectivity index (χ2v) is 8.56. The molecule has 0 radical (unpaired) electrons. The van der Waals surface area contributed by atoms with Crippen LogP contribution in [0.3, 0.4) is 0 Å². The zero-order valence-electron chi connectivity index (χ0n) is 17.8. The van der Waals surface area contributed by atoms with Crippen LogP contribution in [-0.2, 0) is 9.47 Å². The third-order valence-electron chi connectivity index (χ3n) is 4.92. The first-order chi connectivity index (χ1) is 14.3. The Morgan fingerprint density at radius 3 is 2.17 bits per heavy atom. The van der Waals surface area contributed by atoms with Crippen LogP contribution in [0.15, 0.2) is 54.6 Å². The van der Waals surface area contributed by atoms with E-state index in [-0.39, 0.29) is 12.1 Å². The number of hydrogen-bond donors (Lipinski definition) is 2. The first kappa shape index (κ1) is 21.7. The first-order valence-electron chi connectivity index (χ1n) is 10.4. The van der Waals surface area contributed by atoms with E-state index in [0.29, 0.717) is 18.5 Å². The van der Waals surface area contributed by atoms with Crippen LogP contribution in [-0.4, -0.2) is 29.9 Å². The molecule has 0 saturated heterocycles. The van der Waals surface area contributed by atoms with Gasteiger partial charge in [0, 0.05) is 11.6 Å². The van der Waals surface area contributed by atoms with Gasteiger partial charge in [0.05, 0.1) is 5.69 Å². The van der Waals surface area contributed by atoms with Crippen molar-refractivity contribution in [3.05, 3.63) is 54.6 Å². The summed E-state index contributed by atoms with van der Waals surface area (Å²) in [5.74, 6) is 0. The lowest BCUT2D eigenvalue weighted by Gasteiger charge is -2.29. The summed E-state index contributed by atoms with van der Waals surface area (Å²) in [6.07, 6.45) is 1.88. The van der Waals surface area contributed by atoms with Gasteiger partial charge in [-0.25, -0.2) is 9.59 Å². The van der Waals surface area contributed by atoms with Gasteiger partial charge in [-0.2, -0.15) is 0 Å². The van der Waals surface area contributed by atoms with Crippen LogP contribution in [0.2, 0.25) is 0 Å². The van der Waals surface area contributed by atoms with Crippen molar-refractivity contribution in [3.8, 4) is 11.1 Å². The SMILES string of the molecule is CC(C)(C)OC(=O)NC1CCC(OC(=O)Nc2ccccc2-c2ccccc2)CC1. The highest BCUT2D eigenvalue weighted by molar-refractivity contribution is 5.91. The summed E-state index contributed by atoms with van der Waals surface area (Å²) >= 11 is 0. The van der Waals surface area contributed by atoms with Gasteiger partial charge < -0.3 is 14.8 Å². The van der Waals surface area contributed by atoms with Gasteiger partial charge in [-0.1, -0.05) is 48.5 Å². The maximum Gasteiger partial charge on any atom is 0.411 e. The second kappa shape index (κ2) is 9.65. The average Bonchev–Trinajstić information content (AvgIpc) is 2.69. The molecule has 0 atom stereocenters. The number of alkyl carbamates (subject to hydrolysis) is 1. The summed E-state index contributed by atoms with van der Waals surface area (Å²) in [5.41, 5.74) is 2.18. The summed E-state index contributed by atoms with van der Waals surface area (Å²) in [5, 5.41) is 5.77. The topological polar surface area (TPSA) is 76.7 Å². The van der Waals surface area contributed by atoms with Crippen LogP contribution < -0.4 is 10.6 Å². The van der Waals surface area contributed by atoms with Gasteiger partial charge in [0.15, 0.2) is 0 Å². The fraction of sp³-hybridized carbons (Fsp3) is 0.417. The molecule has 160 valence electrons. The molecule has 1 fully saturated rings. The molecule has 30 heavy (non-hydrogen) atoms. The molecule has 2 aromatic carbocycles. The molecule has 0 bridgehead atoms. The molecule has 0 heterocycles. The molecule has 6 nitrogen and oxygen atoms in total. The number of hydrogen-bond acceptors (Lipinski definition) is 4. The van der Waals surface area contributed by atoms with Crippen molar-refractivity contribution in [2.75, 3.05) is 5.32 Å². The Hall–Kier alpha value is -3.02. The van der Waals surface area contributed by atoms with Crippen LogP contribution in [0.4, 0.5) is 15.3 Å². The predicted molar refractivity (Wildman–Crippen MR) is 117 cm³/mol. The molecule has 1 aliphatic carbocycles. The largest absolute Gasteiger partial charge is 0.446 e. The molecule has 0 aromatic heterocycles. The monoisotopic (exact) mass is 410 g/mol. The number of para-hydroxylation sites is 1. The number of anilines is 1. The average molecular weight is 411 g/mol. The molecular weight excluding hydrogens is 380 g/mol. The third kappa shape index (κ3) is 6.51. The fourth-order valence-electron chi connectivity index (χ4n) is 3.55. The molecule has 1 aliphatic rings. The lowest BCUT2D eigenvalue weighted by Crippen LogP contribution is -2.42. The van der Waals surface area contributed by atoms with Gasteiger partial charge in [-0.15, -0.1) is 0 Å². The first-order valence-corrected chi connectivity index (χ1v) is 10.4. The van der Waals surface area contributed by atoms with Crippen molar-refractivity contribution in [1.29, 1.82) is 0 Å². The number of carbonyl (C=O) groups excluding carboxylic acids is 2. The normalized spacial score (nSPS) is 18.9. The van der Waals surface area contributed by atoms with Crippen molar-refractivity contribution in [1.82, 2.24) is 5.32 Å². The highest BCUT2D eigenvalue weighted by Gasteiger charge is 2.26. The van der Waals surface area contributed by atoms with Crippen LogP contribution in [0.5, 0.6) is 0 Å². The highest BCUT2D eigenvalue weighted by Crippen LogP contribution is 2.28. The zero-order chi connectivity index (χ0) is 21.6. The summed E-state index contributed by atoms with van der Waals surface area (Å²) in [6.45, 7) is 5.52. The van der Waals surface area contributed by atoms with E-state index in [1.807, 2.05) is 75.4 Å². The number of nitrogens with one attached hydrogen (secondary N) is 2. The third-order valence-corrected chi connectivity index (χ3v) is 4.92. The summed E-state index contributed by atoms with van der Waals surface area (Å²) in [6, 6.07) is 17.6. The molecule has 2 amide bonds. The van der Waals surface area contributed by atoms with Crippen molar-refractivity contribution >= 4 is 17.9 Å². The molecule has 0 spiro atoms. The minimum Gasteiger partial charge on any atom is -0.446 e. The fourth-order valence-corrected chi connectivity index (χ4v) is 3.55. The van der Waals surface area contributed by atoms with Crippen molar-refractivity contribution in [2.24, 2.45) is 0 Å². The number of benzene rings is 2. The lowest BCUT2D eigenvalue weighted by molar-refractivity contribution is 0.0440. The molecule has 3 rings (SSSR count). The summed E-state index contributed by atoms with van der Waals surface area (Å²) in [7, 11) is 0. The maximum absolute atomic E-state index is 12.5. The van der Waals surface area contributed by atoms with Crippen LogP contribution >= 0.6 is 0 Å². The van der Waals surface area contributed by atoms with Crippen LogP contribution in [0.25, 0.3) is 11.1 Å². The molecule has 0 aliphatic heterocycles. The van der Waals surface area contributed by atoms with E-state index in [9.17, 15) is 9.59 Å². The quantitative estimate of drug-likeness (QED) is 0.674. The Morgan fingerprint density at radius 1 is 0.867 bits per heavy atom. The van der Waals surface area contributed by atoms with Crippen molar-refractivity contribution in [3.63, 3.8) is 0 Å². The molecule has 6 heteroatoms. The molecule has 2 aromatic rings. The van der Waals surface area contributed by atoms with Gasteiger partial charge in [0.25, 0.3) is 0 Å². The van der Waals surface area contributed by atoms with E-state index in [2.05, 4.69) is 10.6 Å². The number of ether oxygens (including phenoxy) is 2. The summed E-state index contributed by atoms with van der Waals surface area (Å²) < 4.78 is 10.9. The van der Waals surface area contributed by atoms with Gasteiger partial charge in [0.1, 0.15) is 11.7 Å². The van der Waals surface area contributed by atoms with Crippen LogP contribution in [0, 0.1) is 0 Å². The van der Waals surface area contributed by atoms with E-state index in [1.54, 1.807) is 0 Å². The zero-order valence-corrected chi connectivity index (χ0v) is 17.8. The van der Waals surface area contributed by atoms with Gasteiger partial charge in [-0.3, -0.25) is 5.32 Å². The minimum atomic E-state index is -0.515. The highest BCUT2D eigenvalue weighted by atomic mass is 16.6. The molecule has 1 saturated carbocycles. The Bertz CT molecular complexity index is 853. The number of carbonyl (C=O) groups is 2. The van der Waals surface area contributed by atoms with Crippen molar-refractivity contribution in [2.45, 2.75) is 64.2 Å². The smallest absolute Gasteiger partial charge is 0.411 e. The Morgan fingerprint density at radius 2 is 1.50 bits per heavy atom. The van der Waals surface area contributed by atoms with Gasteiger partial charge in [0.2, 0.25) is 0 Å². The maximum atomic E-state index is 12.5.